The van der Waals surface area contributed by atoms with Gasteiger partial charge in [0.15, 0.2) is 0 Å². The van der Waals surface area contributed by atoms with Gasteiger partial charge in [0.2, 0.25) is 0 Å². The summed E-state index contributed by atoms with van der Waals surface area (Å²) in [6.45, 7) is 0. The number of hydroxylamine groups is 1. The second kappa shape index (κ2) is 2.05. The number of hydrogen-bond donors (Lipinski definition) is 1. The summed E-state index contributed by atoms with van der Waals surface area (Å²) in [5.74, 6) is 6.20. The Morgan fingerprint density at radius 1 is 1.40 bits per heavy atom. The zero-order chi connectivity index (χ0) is 7.14. The van der Waals surface area contributed by atoms with Crippen LogP contribution >= 0.6 is 0 Å². The molecule has 1 fully saturated rings. The van der Waals surface area contributed by atoms with Crippen molar-refractivity contribution in [3.8, 4) is 0 Å². The Morgan fingerprint density at radius 3 is 2.50 bits per heavy atom. The van der Waals surface area contributed by atoms with Crippen molar-refractivity contribution in [2.75, 3.05) is 0 Å². The van der Waals surface area contributed by atoms with E-state index < -0.39 is 0 Å². The van der Waals surface area contributed by atoms with Crippen LogP contribution in [0.3, 0.4) is 0 Å². The Labute approximate surface area is 60.0 Å². The number of nitrogens with two attached hydrogens (primary N) is 1. The van der Waals surface area contributed by atoms with E-state index in [1.165, 1.54) is 0 Å². The smallest absolute Gasteiger partial charge is 0.0174 e. The molecule has 10 heavy (non-hydrogen) atoms. The topological polar surface area (TPSA) is 52.3 Å². The number of rotatable bonds is 1. The molecular weight excluding hydrogens is 128 g/mol. The first-order valence-corrected chi connectivity index (χ1v) is 3.67. The monoisotopic (exact) mass is 139 g/mol. The van der Waals surface area contributed by atoms with Gasteiger partial charge in [-0.3, -0.25) is 5.84 Å². The Kier molecular flexibility index (Phi) is 1.30. The van der Waals surface area contributed by atoms with E-state index in [0.29, 0.717) is 17.0 Å². The molecule has 3 heteroatoms. The van der Waals surface area contributed by atoms with Crippen LogP contribution in [0.5, 0.6) is 0 Å². The van der Waals surface area contributed by atoms with Crippen molar-refractivity contribution < 1.29 is 0 Å². The van der Waals surface area contributed by atoms with Gasteiger partial charge in [-0.1, -0.05) is 12.2 Å². The molecule has 56 valence electrons. The van der Waals surface area contributed by atoms with Crippen LogP contribution < -0.4 is 5.84 Å². The third kappa shape index (κ3) is 0.785. The van der Waals surface area contributed by atoms with Gasteiger partial charge in [-0.15, -0.1) is 0 Å². The van der Waals surface area contributed by atoms with Gasteiger partial charge in [0, 0.05) is 6.04 Å². The molecular formula is C7H11N2O-. The lowest BCUT2D eigenvalue weighted by Crippen LogP contribution is -2.38. The summed E-state index contributed by atoms with van der Waals surface area (Å²) in [5.41, 5.74) is 0. The highest BCUT2D eigenvalue weighted by molar-refractivity contribution is 5.12. The summed E-state index contributed by atoms with van der Waals surface area (Å²) in [7, 11) is 0. The van der Waals surface area contributed by atoms with Crippen LogP contribution in [0.4, 0.5) is 0 Å². The normalized spacial score (nSPS) is 43.7. The van der Waals surface area contributed by atoms with Crippen LogP contribution in [0, 0.1) is 17.0 Å². The Balaban J connectivity index is 2.09. The van der Waals surface area contributed by atoms with Gasteiger partial charge in [-0.05, 0) is 24.7 Å². The van der Waals surface area contributed by atoms with Crippen LogP contribution in [0.15, 0.2) is 12.2 Å². The Morgan fingerprint density at radius 2 is 2.20 bits per heavy atom. The fraction of sp³-hybridized carbons (Fsp3) is 0.714. The molecule has 3 nitrogen and oxygen atoms in total. The minimum absolute atomic E-state index is 0.0648. The molecule has 2 N–H and O–H groups in total. The molecule has 3 unspecified atom stereocenters. The number of hydrogen-bond acceptors (Lipinski definition) is 3. The molecule has 0 aliphatic heterocycles. The second-order valence-electron chi connectivity index (χ2n) is 3.21. The van der Waals surface area contributed by atoms with Gasteiger partial charge >= 0.3 is 0 Å². The van der Waals surface area contributed by atoms with Crippen molar-refractivity contribution in [1.29, 1.82) is 0 Å². The van der Waals surface area contributed by atoms with Gasteiger partial charge in [0.05, 0.1) is 0 Å². The molecule has 2 aliphatic carbocycles. The number of nitrogens with zero attached hydrogens (tertiary/aromatic N) is 1. The van der Waals surface area contributed by atoms with E-state index in [0.717, 1.165) is 12.8 Å². The third-order valence-electron chi connectivity index (χ3n) is 2.57. The van der Waals surface area contributed by atoms with E-state index in [-0.39, 0.29) is 6.04 Å². The zero-order valence-corrected chi connectivity index (χ0v) is 5.73. The van der Waals surface area contributed by atoms with E-state index >= 15 is 0 Å². The van der Waals surface area contributed by atoms with Gasteiger partial charge in [-0.25, -0.2) is 0 Å². The Hall–Kier alpha value is -0.380. The number of allylic oxidation sites excluding steroid dienone is 1. The lowest BCUT2D eigenvalue weighted by atomic mass is 10.0. The van der Waals surface area contributed by atoms with Crippen LogP contribution in [0.1, 0.15) is 12.8 Å². The van der Waals surface area contributed by atoms with Crippen molar-refractivity contribution >= 4 is 0 Å². The minimum atomic E-state index is 0.0648. The fourth-order valence-electron chi connectivity index (χ4n) is 2.04. The maximum atomic E-state index is 10.7. The average molecular weight is 139 g/mol. The van der Waals surface area contributed by atoms with Crippen molar-refractivity contribution in [3.63, 3.8) is 0 Å². The van der Waals surface area contributed by atoms with Crippen molar-refractivity contribution in [3.05, 3.63) is 17.4 Å². The summed E-state index contributed by atoms with van der Waals surface area (Å²) in [5, 5.41) is 11.3. The first-order valence-electron chi connectivity index (χ1n) is 3.67. The second-order valence-corrected chi connectivity index (χ2v) is 3.21. The number of fused-ring (bicyclic) bond motifs is 2. The third-order valence-corrected chi connectivity index (χ3v) is 2.57. The fourth-order valence-corrected chi connectivity index (χ4v) is 2.04. The standard InChI is InChI=1S/C7H11N2O/c8-9(10)7-4-5-1-2-6(7)3-5/h1-2,5-7H,3-4,8H2/q-1. The summed E-state index contributed by atoms with van der Waals surface area (Å²) < 4.78 is 0. The largest absolute Gasteiger partial charge is 0.772 e. The lowest BCUT2D eigenvalue weighted by molar-refractivity contribution is 0.251. The van der Waals surface area contributed by atoms with Gasteiger partial charge in [-0.2, -0.15) is 0 Å². The molecule has 0 amide bonds. The van der Waals surface area contributed by atoms with Gasteiger partial charge in [0.1, 0.15) is 0 Å². The minimum Gasteiger partial charge on any atom is -0.772 e. The van der Waals surface area contributed by atoms with E-state index in [2.05, 4.69) is 12.2 Å². The van der Waals surface area contributed by atoms with Crippen LogP contribution in [0.2, 0.25) is 0 Å². The first-order chi connectivity index (χ1) is 4.77. The highest BCUT2D eigenvalue weighted by Crippen LogP contribution is 2.40. The molecule has 2 aliphatic rings. The van der Waals surface area contributed by atoms with Crippen molar-refractivity contribution in [1.82, 2.24) is 5.17 Å². The van der Waals surface area contributed by atoms with Crippen LogP contribution in [-0.4, -0.2) is 11.2 Å². The molecule has 0 aromatic carbocycles. The molecule has 0 heterocycles. The average Bonchev–Trinajstić information content (AvgIpc) is 2.44. The maximum absolute atomic E-state index is 10.7. The SMILES string of the molecule is NN([O-])C1CC2C=CC1C2. The van der Waals surface area contributed by atoms with Crippen LogP contribution in [-0.2, 0) is 0 Å². The molecule has 0 aromatic rings. The predicted molar refractivity (Wildman–Crippen MR) is 38.5 cm³/mol. The summed E-state index contributed by atoms with van der Waals surface area (Å²) in [6, 6.07) is 0.0648. The first kappa shape index (κ1) is 6.34. The molecule has 1 saturated carbocycles. The van der Waals surface area contributed by atoms with E-state index in [1.807, 2.05) is 0 Å². The molecule has 2 rings (SSSR count). The van der Waals surface area contributed by atoms with Gasteiger partial charge < -0.3 is 10.4 Å². The van der Waals surface area contributed by atoms with E-state index in [4.69, 9.17) is 5.84 Å². The molecule has 0 aromatic heterocycles. The molecule has 0 spiro atoms. The summed E-state index contributed by atoms with van der Waals surface area (Å²) >= 11 is 0. The quantitative estimate of drug-likeness (QED) is 0.329. The highest BCUT2D eigenvalue weighted by Gasteiger charge is 2.35. The van der Waals surface area contributed by atoms with Crippen molar-refractivity contribution in [2.24, 2.45) is 17.7 Å². The predicted octanol–water partition coefficient (Wildman–Crippen LogP) is 0.625. The molecule has 3 atom stereocenters. The van der Waals surface area contributed by atoms with E-state index in [1.54, 1.807) is 0 Å². The molecule has 0 radical (unpaired) electrons. The van der Waals surface area contributed by atoms with Gasteiger partial charge in [0.25, 0.3) is 0 Å². The molecule has 2 bridgehead atoms. The maximum Gasteiger partial charge on any atom is 0.0174 e. The summed E-state index contributed by atoms with van der Waals surface area (Å²) in [4.78, 5) is 0. The number of hydrazine groups is 1. The summed E-state index contributed by atoms with van der Waals surface area (Å²) in [6.07, 6.45) is 6.42. The lowest BCUT2D eigenvalue weighted by Gasteiger charge is -2.33. The van der Waals surface area contributed by atoms with Crippen LogP contribution in [0.25, 0.3) is 0 Å². The molecule has 0 saturated heterocycles. The highest BCUT2D eigenvalue weighted by atomic mass is 16.5. The van der Waals surface area contributed by atoms with Crippen molar-refractivity contribution in [2.45, 2.75) is 18.9 Å². The van der Waals surface area contributed by atoms with E-state index in [9.17, 15) is 5.21 Å². The zero-order valence-electron chi connectivity index (χ0n) is 5.73. The Bertz CT molecular complexity index is 167.